The maximum atomic E-state index is 13.1. The highest BCUT2D eigenvalue weighted by molar-refractivity contribution is 6.10. The predicted molar refractivity (Wildman–Crippen MR) is 124 cm³/mol. The van der Waals surface area contributed by atoms with Gasteiger partial charge in [-0.15, -0.1) is 0 Å². The lowest BCUT2D eigenvalue weighted by atomic mass is 9.73. The van der Waals surface area contributed by atoms with E-state index >= 15 is 0 Å². The van der Waals surface area contributed by atoms with Crippen molar-refractivity contribution >= 4 is 23.5 Å². The Kier molecular flexibility index (Phi) is 6.90. The van der Waals surface area contributed by atoms with Crippen LogP contribution in [0.25, 0.3) is 11.1 Å². The standard InChI is InChI=1S/C25H27F2N3O5/c1-15-5-3-4-12-25(15)22(32)30(24(33)29-25)14-21(31)28-17-8-11-20(35-23(26)27)19(13-17)16-6-9-18(34-2)10-7-16/h6-11,13,15,23H,3-5,12,14H2,1-2H3,(H,28,31)(H,29,33). The number of hydrogen-bond donors (Lipinski definition) is 2. The van der Waals surface area contributed by atoms with Crippen LogP contribution in [0.1, 0.15) is 32.6 Å². The van der Waals surface area contributed by atoms with Crippen molar-refractivity contribution < 1.29 is 32.6 Å². The molecule has 2 atom stereocenters. The summed E-state index contributed by atoms with van der Waals surface area (Å²) in [6, 6.07) is 10.4. The number of amides is 4. The molecule has 2 N–H and O–H groups in total. The molecule has 1 saturated carbocycles. The second kappa shape index (κ2) is 9.89. The van der Waals surface area contributed by atoms with E-state index < -0.39 is 30.6 Å². The maximum absolute atomic E-state index is 13.1. The third kappa shape index (κ3) is 4.91. The van der Waals surface area contributed by atoms with Gasteiger partial charge in [0.15, 0.2) is 0 Å². The minimum atomic E-state index is -3.03. The molecule has 1 heterocycles. The second-order valence-electron chi connectivity index (χ2n) is 8.81. The fraction of sp³-hybridized carbons (Fsp3) is 0.400. The maximum Gasteiger partial charge on any atom is 0.387 e. The summed E-state index contributed by atoms with van der Waals surface area (Å²) in [4.78, 5) is 39.3. The Labute approximate surface area is 201 Å². The Morgan fingerprint density at radius 2 is 1.94 bits per heavy atom. The van der Waals surface area contributed by atoms with Crippen LogP contribution in [0.4, 0.5) is 19.3 Å². The minimum absolute atomic E-state index is 0.0183. The average Bonchev–Trinajstić information content (AvgIpc) is 3.06. The first-order valence-electron chi connectivity index (χ1n) is 11.4. The number of anilines is 1. The van der Waals surface area contributed by atoms with Gasteiger partial charge in [-0.3, -0.25) is 14.5 Å². The molecule has 4 amide bonds. The summed E-state index contributed by atoms with van der Waals surface area (Å²) in [6.45, 7) is -1.54. The first-order chi connectivity index (χ1) is 16.7. The molecule has 1 saturated heterocycles. The van der Waals surface area contributed by atoms with Crippen LogP contribution in [0.15, 0.2) is 42.5 Å². The lowest BCUT2D eigenvalue weighted by molar-refractivity contribution is -0.136. The molecule has 0 aromatic heterocycles. The number of carbonyl (C=O) groups is 3. The highest BCUT2D eigenvalue weighted by atomic mass is 19.3. The minimum Gasteiger partial charge on any atom is -0.497 e. The van der Waals surface area contributed by atoms with Crippen LogP contribution in [-0.2, 0) is 9.59 Å². The molecule has 1 aliphatic heterocycles. The Hall–Kier alpha value is -3.69. The molecule has 8 nitrogen and oxygen atoms in total. The molecule has 186 valence electrons. The van der Waals surface area contributed by atoms with Crippen molar-refractivity contribution in [3.8, 4) is 22.6 Å². The van der Waals surface area contributed by atoms with Crippen LogP contribution in [0.2, 0.25) is 0 Å². The summed E-state index contributed by atoms with van der Waals surface area (Å²) >= 11 is 0. The number of nitrogens with one attached hydrogen (secondary N) is 2. The van der Waals surface area contributed by atoms with E-state index in [0.29, 0.717) is 29.0 Å². The number of alkyl halides is 2. The van der Waals surface area contributed by atoms with E-state index in [9.17, 15) is 23.2 Å². The zero-order valence-electron chi connectivity index (χ0n) is 19.5. The summed E-state index contributed by atoms with van der Waals surface area (Å²) in [5, 5.41) is 5.46. The number of ether oxygens (including phenoxy) is 2. The third-order valence-electron chi connectivity index (χ3n) is 6.68. The van der Waals surface area contributed by atoms with Crippen molar-refractivity contribution in [3.05, 3.63) is 42.5 Å². The molecule has 10 heteroatoms. The molecule has 0 bridgehead atoms. The van der Waals surface area contributed by atoms with E-state index in [0.717, 1.165) is 24.2 Å². The van der Waals surface area contributed by atoms with Gasteiger partial charge in [0.2, 0.25) is 5.91 Å². The number of urea groups is 1. The summed E-state index contributed by atoms with van der Waals surface area (Å²) in [5.41, 5.74) is 0.247. The number of rotatable bonds is 7. The van der Waals surface area contributed by atoms with Crippen molar-refractivity contribution in [2.45, 2.75) is 44.8 Å². The van der Waals surface area contributed by atoms with Crippen molar-refractivity contribution in [3.63, 3.8) is 0 Å². The van der Waals surface area contributed by atoms with Crippen LogP contribution in [0.5, 0.6) is 11.5 Å². The number of benzene rings is 2. The number of hydrogen-bond acceptors (Lipinski definition) is 5. The van der Waals surface area contributed by atoms with E-state index in [1.165, 1.54) is 25.3 Å². The molecule has 2 aliphatic rings. The Balaban J connectivity index is 1.52. The van der Waals surface area contributed by atoms with Crippen LogP contribution in [-0.4, -0.2) is 48.6 Å². The summed E-state index contributed by atoms with van der Waals surface area (Å²) in [6.07, 6.45) is 3.20. The number of nitrogens with zero attached hydrogens (tertiary/aromatic N) is 1. The first-order valence-corrected chi connectivity index (χ1v) is 11.4. The molecule has 2 fully saturated rings. The fourth-order valence-electron chi connectivity index (χ4n) is 4.79. The number of methoxy groups -OCH3 is 1. The Morgan fingerprint density at radius 3 is 2.60 bits per heavy atom. The van der Waals surface area contributed by atoms with Crippen LogP contribution < -0.4 is 20.1 Å². The van der Waals surface area contributed by atoms with Crippen molar-refractivity contribution in [1.82, 2.24) is 10.2 Å². The zero-order valence-corrected chi connectivity index (χ0v) is 19.5. The Morgan fingerprint density at radius 1 is 1.20 bits per heavy atom. The van der Waals surface area contributed by atoms with Crippen LogP contribution in [0.3, 0.4) is 0 Å². The van der Waals surface area contributed by atoms with Gasteiger partial charge in [-0.2, -0.15) is 8.78 Å². The smallest absolute Gasteiger partial charge is 0.387 e. The second-order valence-corrected chi connectivity index (χ2v) is 8.81. The Bertz CT molecular complexity index is 1120. The molecule has 2 aromatic rings. The third-order valence-corrected chi connectivity index (χ3v) is 6.68. The van der Waals surface area contributed by atoms with Crippen LogP contribution >= 0.6 is 0 Å². The first kappa shape index (κ1) is 24.4. The number of carbonyl (C=O) groups excluding carboxylic acids is 3. The lowest BCUT2D eigenvalue weighted by Crippen LogP contribution is -2.54. The molecular weight excluding hydrogens is 460 g/mol. The van der Waals surface area contributed by atoms with Crippen molar-refractivity contribution in [1.29, 1.82) is 0 Å². The largest absolute Gasteiger partial charge is 0.497 e. The molecular formula is C25H27F2N3O5. The molecule has 2 unspecified atom stereocenters. The molecule has 4 rings (SSSR count). The van der Waals surface area contributed by atoms with Gasteiger partial charge in [0, 0.05) is 11.3 Å². The van der Waals surface area contributed by atoms with Gasteiger partial charge in [0.05, 0.1) is 7.11 Å². The molecule has 35 heavy (non-hydrogen) atoms. The number of halogens is 2. The number of imide groups is 1. The quantitative estimate of drug-likeness (QED) is 0.565. The van der Waals surface area contributed by atoms with Gasteiger partial charge >= 0.3 is 12.6 Å². The molecule has 2 aromatic carbocycles. The van der Waals surface area contributed by atoms with Gasteiger partial charge in [-0.25, -0.2) is 4.79 Å². The fourth-order valence-corrected chi connectivity index (χ4v) is 4.79. The van der Waals surface area contributed by atoms with E-state index in [4.69, 9.17) is 4.74 Å². The van der Waals surface area contributed by atoms with Gasteiger partial charge in [-0.05, 0) is 54.7 Å². The van der Waals surface area contributed by atoms with E-state index in [1.54, 1.807) is 24.3 Å². The van der Waals surface area contributed by atoms with Gasteiger partial charge in [0.25, 0.3) is 5.91 Å². The zero-order chi connectivity index (χ0) is 25.2. The molecule has 1 aliphatic carbocycles. The summed E-state index contributed by atoms with van der Waals surface area (Å²) in [7, 11) is 1.51. The SMILES string of the molecule is COc1ccc(-c2cc(NC(=O)CN3C(=O)NC4(CCCCC4C)C3=O)ccc2OC(F)F)cc1. The van der Waals surface area contributed by atoms with E-state index in [1.807, 2.05) is 6.92 Å². The van der Waals surface area contributed by atoms with Crippen molar-refractivity contribution in [2.75, 3.05) is 19.0 Å². The highest BCUT2D eigenvalue weighted by Crippen LogP contribution is 2.38. The van der Waals surface area contributed by atoms with Gasteiger partial charge < -0.3 is 20.1 Å². The highest BCUT2D eigenvalue weighted by Gasteiger charge is 2.55. The average molecular weight is 488 g/mol. The van der Waals surface area contributed by atoms with E-state index in [-0.39, 0.29) is 17.6 Å². The summed E-state index contributed by atoms with van der Waals surface area (Å²) < 4.78 is 35.6. The van der Waals surface area contributed by atoms with E-state index in [2.05, 4.69) is 15.4 Å². The van der Waals surface area contributed by atoms with Gasteiger partial charge in [0.1, 0.15) is 23.6 Å². The normalized spacial score (nSPS) is 21.9. The molecule has 1 spiro atoms. The topological polar surface area (TPSA) is 97.0 Å². The molecule has 0 radical (unpaired) electrons. The van der Waals surface area contributed by atoms with Crippen molar-refractivity contribution in [2.24, 2.45) is 5.92 Å². The van der Waals surface area contributed by atoms with Gasteiger partial charge in [-0.1, -0.05) is 31.9 Å². The lowest BCUT2D eigenvalue weighted by Gasteiger charge is -2.36. The summed E-state index contributed by atoms with van der Waals surface area (Å²) in [5.74, 6) is -0.462. The van der Waals surface area contributed by atoms with Crippen LogP contribution in [0, 0.1) is 5.92 Å². The monoisotopic (exact) mass is 487 g/mol. The predicted octanol–water partition coefficient (Wildman–Crippen LogP) is 4.40.